The molecule has 2 rings (SSSR count). The molecule has 1 fully saturated rings. The number of carbonyl (C=O) groups excluding carboxylic acids is 1. The number of benzene rings is 1. The van der Waals surface area contributed by atoms with Gasteiger partial charge in [0.05, 0.1) is 5.92 Å². The van der Waals surface area contributed by atoms with Crippen molar-refractivity contribution in [2.24, 2.45) is 5.92 Å². The van der Waals surface area contributed by atoms with Gasteiger partial charge in [-0.05, 0) is 44.0 Å². The molecule has 0 aliphatic carbocycles. The van der Waals surface area contributed by atoms with Crippen LogP contribution in [-0.2, 0) is 4.79 Å². The summed E-state index contributed by atoms with van der Waals surface area (Å²) in [6.45, 7) is 3.90. The highest BCUT2D eigenvalue weighted by Crippen LogP contribution is 2.19. The SMILES string of the molecule is Cc1cccc(N(C)C(=O)[C@H]2CCCNC2)c1. The molecule has 0 unspecified atom stereocenters. The fourth-order valence-corrected chi connectivity index (χ4v) is 2.30. The lowest BCUT2D eigenvalue weighted by molar-refractivity contribution is -0.122. The van der Waals surface area contributed by atoms with Crippen LogP contribution < -0.4 is 10.2 Å². The van der Waals surface area contributed by atoms with Crippen molar-refractivity contribution < 1.29 is 4.79 Å². The fraction of sp³-hybridized carbons (Fsp3) is 0.500. The van der Waals surface area contributed by atoms with Gasteiger partial charge in [0.1, 0.15) is 0 Å². The highest BCUT2D eigenvalue weighted by Gasteiger charge is 2.24. The summed E-state index contributed by atoms with van der Waals surface area (Å²) >= 11 is 0. The van der Waals surface area contributed by atoms with Gasteiger partial charge in [-0.2, -0.15) is 0 Å². The van der Waals surface area contributed by atoms with Crippen LogP contribution in [0.3, 0.4) is 0 Å². The lowest BCUT2D eigenvalue weighted by Gasteiger charge is -2.27. The molecule has 1 saturated heterocycles. The molecule has 3 heteroatoms. The van der Waals surface area contributed by atoms with Gasteiger partial charge >= 0.3 is 0 Å². The average Bonchev–Trinajstić information content (AvgIpc) is 2.38. The van der Waals surface area contributed by atoms with E-state index in [1.165, 1.54) is 5.56 Å². The maximum absolute atomic E-state index is 12.3. The second-order valence-corrected chi connectivity index (χ2v) is 4.78. The van der Waals surface area contributed by atoms with E-state index in [4.69, 9.17) is 0 Å². The molecule has 0 saturated carbocycles. The van der Waals surface area contributed by atoms with Gasteiger partial charge in [0.25, 0.3) is 0 Å². The summed E-state index contributed by atoms with van der Waals surface area (Å²) in [5, 5.41) is 3.29. The number of nitrogens with one attached hydrogen (secondary N) is 1. The standard InChI is InChI=1S/C14H20N2O/c1-11-5-3-7-13(9-11)16(2)14(17)12-6-4-8-15-10-12/h3,5,7,9,12,15H,4,6,8,10H2,1-2H3/t12-/m0/s1. The quantitative estimate of drug-likeness (QED) is 0.845. The zero-order valence-corrected chi connectivity index (χ0v) is 10.6. The topological polar surface area (TPSA) is 32.3 Å². The molecule has 1 aliphatic heterocycles. The molecule has 17 heavy (non-hydrogen) atoms. The predicted molar refractivity (Wildman–Crippen MR) is 70.2 cm³/mol. The van der Waals surface area contributed by atoms with E-state index >= 15 is 0 Å². The van der Waals surface area contributed by atoms with Crippen LogP contribution in [0.5, 0.6) is 0 Å². The zero-order valence-electron chi connectivity index (χ0n) is 10.6. The van der Waals surface area contributed by atoms with Gasteiger partial charge in [0.2, 0.25) is 5.91 Å². The van der Waals surface area contributed by atoms with Gasteiger partial charge in [0, 0.05) is 19.3 Å². The smallest absolute Gasteiger partial charge is 0.231 e. The summed E-state index contributed by atoms with van der Waals surface area (Å²) in [5.41, 5.74) is 2.17. The molecule has 1 amide bonds. The Kier molecular flexibility index (Phi) is 3.79. The normalized spacial score (nSPS) is 20.0. The third kappa shape index (κ3) is 2.86. The highest BCUT2D eigenvalue weighted by molar-refractivity contribution is 5.94. The molecule has 0 bridgehead atoms. The highest BCUT2D eigenvalue weighted by atomic mass is 16.2. The first-order valence-electron chi connectivity index (χ1n) is 6.23. The Morgan fingerprint density at radius 1 is 1.47 bits per heavy atom. The lowest BCUT2D eigenvalue weighted by atomic mass is 9.98. The minimum atomic E-state index is 0.134. The Hall–Kier alpha value is -1.35. The lowest BCUT2D eigenvalue weighted by Crippen LogP contribution is -2.41. The van der Waals surface area contributed by atoms with E-state index in [0.29, 0.717) is 0 Å². The number of nitrogens with zero attached hydrogens (tertiary/aromatic N) is 1. The van der Waals surface area contributed by atoms with E-state index in [2.05, 4.69) is 5.32 Å². The number of carbonyl (C=O) groups is 1. The van der Waals surface area contributed by atoms with Crippen LogP contribution in [0.25, 0.3) is 0 Å². The third-order valence-corrected chi connectivity index (χ3v) is 3.37. The van der Waals surface area contributed by atoms with Gasteiger partial charge in [0.15, 0.2) is 0 Å². The summed E-state index contributed by atoms with van der Waals surface area (Å²) in [6, 6.07) is 8.08. The molecule has 1 aromatic rings. The van der Waals surface area contributed by atoms with Crippen LogP contribution in [0.2, 0.25) is 0 Å². The molecule has 0 aromatic heterocycles. The first kappa shape index (κ1) is 12.1. The minimum Gasteiger partial charge on any atom is -0.316 e. The largest absolute Gasteiger partial charge is 0.316 e. The van der Waals surface area contributed by atoms with Crippen molar-refractivity contribution in [2.45, 2.75) is 19.8 Å². The van der Waals surface area contributed by atoms with Crippen LogP contribution in [0.1, 0.15) is 18.4 Å². The molecule has 0 radical (unpaired) electrons. The van der Waals surface area contributed by atoms with Gasteiger partial charge < -0.3 is 10.2 Å². The number of amides is 1. The van der Waals surface area contributed by atoms with E-state index in [0.717, 1.165) is 31.6 Å². The number of hydrogen-bond acceptors (Lipinski definition) is 2. The first-order valence-corrected chi connectivity index (χ1v) is 6.23. The van der Waals surface area contributed by atoms with E-state index in [1.807, 2.05) is 38.2 Å². The van der Waals surface area contributed by atoms with E-state index in [-0.39, 0.29) is 11.8 Å². The molecule has 3 nitrogen and oxygen atoms in total. The summed E-state index contributed by atoms with van der Waals surface area (Å²) in [6.07, 6.45) is 2.10. The number of piperidine rings is 1. The number of anilines is 1. The fourth-order valence-electron chi connectivity index (χ4n) is 2.30. The van der Waals surface area contributed by atoms with Crippen molar-refractivity contribution in [2.75, 3.05) is 25.0 Å². The summed E-state index contributed by atoms with van der Waals surface area (Å²) in [5.74, 6) is 0.358. The van der Waals surface area contributed by atoms with Crippen molar-refractivity contribution in [1.29, 1.82) is 0 Å². The Morgan fingerprint density at radius 2 is 2.29 bits per heavy atom. The van der Waals surface area contributed by atoms with Crippen LogP contribution in [0.15, 0.2) is 24.3 Å². The van der Waals surface area contributed by atoms with Crippen molar-refractivity contribution in [3.63, 3.8) is 0 Å². The van der Waals surface area contributed by atoms with E-state index < -0.39 is 0 Å². The van der Waals surface area contributed by atoms with E-state index in [1.54, 1.807) is 4.90 Å². The molecular weight excluding hydrogens is 212 g/mol. The maximum Gasteiger partial charge on any atom is 0.231 e. The summed E-state index contributed by atoms with van der Waals surface area (Å²) in [4.78, 5) is 14.1. The Bertz CT molecular complexity index is 397. The van der Waals surface area contributed by atoms with Gasteiger partial charge in [-0.25, -0.2) is 0 Å². The molecule has 92 valence electrons. The monoisotopic (exact) mass is 232 g/mol. The van der Waals surface area contributed by atoms with Gasteiger partial charge in [-0.15, -0.1) is 0 Å². The molecule has 1 heterocycles. The Balaban J connectivity index is 2.08. The molecule has 1 atom stereocenters. The molecule has 1 N–H and O–H groups in total. The van der Waals surface area contributed by atoms with Crippen molar-refractivity contribution in [1.82, 2.24) is 5.32 Å². The zero-order chi connectivity index (χ0) is 12.3. The summed E-state index contributed by atoms with van der Waals surface area (Å²) < 4.78 is 0. The maximum atomic E-state index is 12.3. The molecule has 1 aromatic carbocycles. The molecular formula is C14H20N2O. The van der Waals surface area contributed by atoms with Gasteiger partial charge in [-0.1, -0.05) is 12.1 Å². The van der Waals surface area contributed by atoms with E-state index in [9.17, 15) is 4.79 Å². The predicted octanol–water partition coefficient (Wildman–Crippen LogP) is 1.96. The summed E-state index contributed by atoms with van der Waals surface area (Å²) in [7, 11) is 1.87. The average molecular weight is 232 g/mol. The number of aryl methyl sites for hydroxylation is 1. The Labute approximate surface area is 103 Å². The van der Waals surface area contributed by atoms with Crippen LogP contribution in [-0.4, -0.2) is 26.0 Å². The van der Waals surface area contributed by atoms with Crippen LogP contribution >= 0.6 is 0 Å². The van der Waals surface area contributed by atoms with Gasteiger partial charge in [-0.3, -0.25) is 4.79 Å². The number of hydrogen-bond donors (Lipinski definition) is 1. The van der Waals surface area contributed by atoms with Crippen molar-refractivity contribution >= 4 is 11.6 Å². The minimum absolute atomic E-state index is 0.134. The molecule has 1 aliphatic rings. The van der Waals surface area contributed by atoms with Crippen molar-refractivity contribution in [3.8, 4) is 0 Å². The second kappa shape index (κ2) is 5.32. The third-order valence-electron chi connectivity index (χ3n) is 3.37. The molecule has 0 spiro atoms. The second-order valence-electron chi connectivity index (χ2n) is 4.78. The van der Waals surface area contributed by atoms with Crippen LogP contribution in [0, 0.1) is 12.8 Å². The Morgan fingerprint density at radius 3 is 2.94 bits per heavy atom. The van der Waals surface area contributed by atoms with Crippen molar-refractivity contribution in [3.05, 3.63) is 29.8 Å². The van der Waals surface area contributed by atoms with Crippen LogP contribution in [0.4, 0.5) is 5.69 Å². The first-order chi connectivity index (χ1) is 8.18. The number of rotatable bonds is 2.